The van der Waals surface area contributed by atoms with Crippen molar-refractivity contribution in [3.05, 3.63) is 216 Å². The summed E-state index contributed by atoms with van der Waals surface area (Å²) in [5.41, 5.74) is 16.5. The van der Waals surface area contributed by atoms with Crippen molar-refractivity contribution in [1.82, 2.24) is 0 Å². The lowest BCUT2D eigenvalue weighted by Crippen LogP contribution is -2.16. The zero-order valence-corrected chi connectivity index (χ0v) is 33.2. The van der Waals surface area contributed by atoms with Crippen molar-refractivity contribution in [3.63, 3.8) is 0 Å². The topological polar surface area (TPSA) is 13.1 Å². The quantitative estimate of drug-likeness (QED) is 0.158. The average molecular weight is 745 g/mol. The molecule has 0 fully saturated rings. The second-order valence-electron chi connectivity index (χ2n) is 16.9. The predicted octanol–water partition coefficient (Wildman–Crippen LogP) is 15.7. The van der Waals surface area contributed by atoms with Crippen LogP contribution in [-0.4, -0.2) is 0 Å². The molecule has 0 radical (unpaired) electrons. The molecule has 278 valence electrons. The van der Waals surface area contributed by atoms with E-state index in [2.05, 4.69) is 209 Å². The predicted molar refractivity (Wildman–Crippen MR) is 245 cm³/mol. The fourth-order valence-electron chi connectivity index (χ4n) is 10.1. The first-order chi connectivity index (χ1) is 28.4. The maximum absolute atomic E-state index is 6.43. The van der Waals surface area contributed by atoms with Crippen LogP contribution in [-0.2, 0) is 11.8 Å². The molecule has 0 saturated heterocycles. The number of benzene rings is 9. The number of rotatable bonds is 7. The lowest BCUT2D eigenvalue weighted by molar-refractivity contribution is 0.572. The van der Waals surface area contributed by atoms with E-state index in [0.29, 0.717) is 0 Å². The molecule has 9 aromatic carbocycles. The molecule has 10 aromatic rings. The summed E-state index contributed by atoms with van der Waals surface area (Å²) in [4.78, 5) is 0. The third-order valence-corrected chi connectivity index (χ3v) is 13.2. The Kier molecular flexibility index (Phi) is 8.02. The van der Waals surface area contributed by atoms with Crippen molar-refractivity contribution in [2.45, 2.75) is 44.4 Å². The highest BCUT2D eigenvalue weighted by Crippen LogP contribution is 2.50. The SMILES string of the molecule is CC(c1ccccc1-c1ccc2oc3cc4ccccc4cc3c2c1)C(Cc1ccc2c(c1)C(C)(C)c1ccccc1-2)c1cccc(-c2cccc3ccccc23)c1. The first-order valence-corrected chi connectivity index (χ1v) is 20.7. The maximum Gasteiger partial charge on any atom is 0.136 e. The highest BCUT2D eigenvalue weighted by molar-refractivity contribution is 6.11. The van der Waals surface area contributed by atoms with Crippen LogP contribution in [0, 0.1) is 0 Å². The van der Waals surface area contributed by atoms with Gasteiger partial charge >= 0.3 is 0 Å². The summed E-state index contributed by atoms with van der Waals surface area (Å²) >= 11 is 0. The Balaban J connectivity index is 1.04. The number of hydrogen-bond acceptors (Lipinski definition) is 1. The van der Waals surface area contributed by atoms with Crippen LogP contribution in [0.2, 0.25) is 0 Å². The summed E-state index contributed by atoms with van der Waals surface area (Å²) in [6.07, 6.45) is 0.923. The van der Waals surface area contributed by atoms with Crippen molar-refractivity contribution in [2.24, 2.45) is 0 Å². The Labute approximate surface area is 340 Å². The second kappa shape index (κ2) is 13.5. The monoisotopic (exact) mass is 744 g/mol. The van der Waals surface area contributed by atoms with Gasteiger partial charge in [-0.2, -0.15) is 0 Å². The maximum atomic E-state index is 6.43. The Morgan fingerprint density at radius 3 is 1.98 bits per heavy atom. The van der Waals surface area contributed by atoms with Gasteiger partial charge in [0, 0.05) is 16.2 Å². The molecule has 1 heterocycles. The van der Waals surface area contributed by atoms with E-state index in [1.807, 2.05) is 0 Å². The summed E-state index contributed by atoms with van der Waals surface area (Å²) < 4.78 is 6.43. The molecule has 1 heteroatoms. The molecule has 0 bridgehead atoms. The molecule has 0 aliphatic heterocycles. The van der Waals surface area contributed by atoms with E-state index in [9.17, 15) is 0 Å². The highest BCUT2D eigenvalue weighted by atomic mass is 16.3. The molecule has 11 rings (SSSR count). The van der Waals surface area contributed by atoms with Gasteiger partial charge in [-0.25, -0.2) is 0 Å². The fraction of sp³-hybridized carbons (Fsp3) is 0.123. The molecule has 0 N–H and O–H groups in total. The Hall–Kier alpha value is -6.70. The Morgan fingerprint density at radius 1 is 0.448 bits per heavy atom. The molecule has 58 heavy (non-hydrogen) atoms. The minimum atomic E-state index is -0.0495. The molecule has 0 saturated carbocycles. The Bertz CT molecular complexity index is 3210. The van der Waals surface area contributed by atoms with Crippen LogP contribution in [0.1, 0.15) is 60.4 Å². The van der Waals surface area contributed by atoms with E-state index in [4.69, 9.17) is 4.42 Å². The first-order valence-electron chi connectivity index (χ1n) is 20.7. The summed E-state index contributed by atoms with van der Waals surface area (Å²) in [6, 6.07) is 69.8. The van der Waals surface area contributed by atoms with Crippen molar-refractivity contribution in [2.75, 3.05) is 0 Å². The lowest BCUT2D eigenvalue weighted by atomic mass is 9.75. The van der Waals surface area contributed by atoms with Gasteiger partial charge in [0.2, 0.25) is 0 Å². The Morgan fingerprint density at radius 2 is 1.10 bits per heavy atom. The molecular weight excluding hydrogens is 701 g/mol. The highest BCUT2D eigenvalue weighted by Gasteiger charge is 2.35. The van der Waals surface area contributed by atoms with Crippen LogP contribution in [0.4, 0.5) is 0 Å². The molecule has 1 nitrogen and oxygen atoms in total. The van der Waals surface area contributed by atoms with Crippen molar-refractivity contribution in [1.29, 1.82) is 0 Å². The molecule has 2 atom stereocenters. The van der Waals surface area contributed by atoms with Crippen LogP contribution in [0.15, 0.2) is 192 Å². The minimum absolute atomic E-state index is 0.0495. The molecule has 1 aliphatic rings. The van der Waals surface area contributed by atoms with Crippen LogP contribution in [0.25, 0.3) is 76.9 Å². The standard InChI is InChI=1S/C57H44O/c1-36(44-20-8-9-22-46(44)43-27-29-55-51(34-43)52-33-39-15-4-5-16-40(39)35-56(52)58-55)50(30-37-26-28-49-48-23-10-11-25-53(48)57(2,3)54(49)31-37)42-19-12-18-41(32-42)47-24-13-17-38-14-6-7-21-45(38)47/h4-29,31-36,50H,30H2,1-3H3. The summed E-state index contributed by atoms with van der Waals surface area (Å²) in [5, 5.41) is 7.28. The van der Waals surface area contributed by atoms with E-state index in [0.717, 1.165) is 28.4 Å². The summed E-state index contributed by atoms with van der Waals surface area (Å²) in [5.74, 6) is 0.420. The molecule has 0 spiro atoms. The normalized spacial score (nSPS) is 14.2. The third kappa shape index (κ3) is 5.60. The van der Waals surface area contributed by atoms with E-state index in [1.165, 1.54) is 82.7 Å². The number of fused-ring (bicyclic) bond motifs is 8. The smallest absolute Gasteiger partial charge is 0.136 e. The van der Waals surface area contributed by atoms with Gasteiger partial charge in [-0.05, 0) is 125 Å². The number of furan rings is 1. The van der Waals surface area contributed by atoms with Crippen molar-refractivity contribution >= 4 is 43.5 Å². The van der Waals surface area contributed by atoms with Gasteiger partial charge in [-0.3, -0.25) is 0 Å². The van der Waals surface area contributed by atoms with E-state index in [-0.39, 0.29) is 17.3 Å². The fourth-order valence-corrected chi connectivity index (χ4v) is 10.1. The van der Waals surface area contributed by atoms with Crippen molar-refractivity contribution in [3.8, 4) is 33.4 Å². The average Bonchev–Trinajstić information content (AvgIpc) is 3.74. The van der Waals surface area contributed by atoms with Crippen LogP contribution in [0.3, 0.4) is 0 Å². The second-order valence-corrected chi connectivity index (χ2v) is 16.9. The molecular formula is C57H44O. The van der Waals surface area contributed by atoms with E-state index < -0.39 is 0 Å². The third-order valence-electron chi connectivity index (χ3n) is 13.2. The minimum Gasteiger partial charge on any atom is -0.456 e. The van der Waals surface area contributed by atoms with Gasteiger partial charge < -0.3 is 4.42 Å². The lowest BCUT2D eigenvalue weighted by Gasteiger charge is -2.28. The zero-order chi connectivity index (χ0) is 39.0. The first kappa shape index (κ1) is 34.5. The van der Waals surface area contributed by atoms with Gasteiger partial charge in [0.1, 0.15) is 11.2 Å². The summed E-state index contributed by atoms with van der Waals surface area (Å²) in [7, 11) is 0. The van der Waals surface area contributed by atoms with Gasteiger partial charge in [0.25, 0.3) is 0 Å². The van der Waals surface area contributed by atoms with Gasteiger partial charge in [0.05, 0.1) is 0 Å². The largest absolute Gasteiger partial charge is 0.456 e. The van der Waals surface area contributed by atoms with Crippen LogP contribution < -0.4 is 0 Å². The molecule has 0 amide bonds. The van der Waals surface area contributed by atoms with Crippen LogP contribution in [0.5, 0.6) is 0 Å². The van der Waals surface area contributed by atoms with E-state index >= 15 is 0 Å². The number of hydrogen-bond donors (Lipinski definition) is 0. The van der Waals surface area contributed by atoms with Gasteiger partial charge in [0.15, 0.2) is 0 Å². The molecule has 1 aromatic heterocycles. The van der Waals surface area contributed by atoms with Gasteiger partial charge in [-0.15, -0.1) is 0 Å². The molecule has 1 aliphatic carbocycles. The van der Waals surface area contributed by atoms with Crippen LogP contribution >= 0.6 is 0 Å². The van der Waals surface area contributed by atoms with E-state index in [1.54, 1.807) is 0 Å². The zero-order valence-electron chi connectivity index (χ0n) is 33.2. The van der Waals surface area contributed by atoms with Crippen molar-refractivity contribution < 1.29 is 4.42 Å². The summed E-state index contributed by atoms with van der Waals surface area (Å²) in [6.45, 7) is 7.21. The van der Waals surface area contributed by atoms with Gasteiger partial charge in [-0.1, -0.05) is 185 Å². The molecule has 2 unspecified atom stereocenters.